The first-order valence-electron chi connectivity index (χ1n) is 6.36. The van der Waals surface area contributed by atoms with Crippen molar-refractivity contribution < 1.29 is 13.5 Å². The summed E-state index contributed by atoms with van der Waals surface area (Å²) in [6.07, 6.45) is -0.372. The summed E-state index contributed by atoms with van der Waals surface area (Å²) in [6.45, 7) is 1.56. The second-order valence-corrected chi connectivity index (χ2v) is 4.72. The third-order valence-corrected chi connectivity index (χ3v) is 3.40. The van der Waals surface area contributed by atoms with Crippen LogP contribution < -0.4 is 5.32 Å². The molecular formula is C14H19F2NO. The SMILES string of the molecule is CNCC1CCCOC1c1cccc(C(F)F)c1. The van der Waals surface area contributed by atoms with Crippen molar-refractivity contribution in [1.29, 1.82) is 0 Å². The van der Waals surface area contributed by atoms with Crippen LogP contribution in [0.5, 0.6) is 0 Å². The summed E-state index contributed by atoms with van der Waals surface area (Å²) in [5.74, 6) is 0.358. The molecule has 1 N–H and O–H groups in total. The molecule has 1 fully saturated rings. The van der Waals surface area contributed by atoms with Crippen LogP contribution in [0, 0.1) is 5.92 Å². The fraction of sp³-hybridized carbons (Fsp3) is 0.571. The summed E-state index contributed by atoms with van der Waals surface area (Å²) >= 11 is 0. The van der Waals surface area contributed by atoms with Gasteiger partial charge in [0.15, 0.2) is 0 Å². The molecule has 1 aromatic rings. The molecule has 2 nitrogen and oxygen atoms in total. The van der Waals surface area contributed by atoms with Crippen LogP contribution >= 0.6 is 0 Å². The number of hydrogen-bond donors (Lipinski definition) is 1. The molecule has 1 aliphatic heterocycles. The van der Waals surface area contributed by atoms with Crippen LogP contribution in [0.1, 0.15) is 36.5 Å². The second-order valence-electron chi connectivity index (χ2n) is 4.72. The van der Waals surface area contributed by atoms with Crippen LogP contribution in [0.4, 0.5) is 8.78 Å². The van der Waals surface area contributed by atoms with E-state index in [1.165, 1.54) is 6.07 Å². The van der Waals surface area contributed by atoms with Gasteiger partial charge in [0, 0.05) is 24.6 Å². The molecule has 0 radical (unpaired) electrons. The van der Waals surface area contributed by atoms with Gasteiger partial charge in [0.2, 0.25) is 0 Å². The molecule has 2 unspecified atom stereocenters. The molecule has 0 amide bonds. The maximum atomic E-state index is 12.7. The summed E-state index contributed by atoms with van der Waals surface area (Å²) < 4.78 is 31.2. The van der Waals surface area contributed by atoms with E-state index in [1.807, 2.05) is 13.1 Å². The highest BCUT2D eigenvalue weighted by molar-refractivity contribution is 5.26. The van der Waals surface area contributed by atoms with E-state index in [0.717, 1.165) is 24.9 Å². The van der Waals surface area contributed by atoms with E-state index in [1.54, 1.807) is 12.1 Å². The molecule has 1 saturated heterocycles. The number of halogens is 2. The van der Waals surface area contributed by atoms with Crippen molar-refractivity contribution in [3.63, 3.8) is 0 Å². The van der Waals surface area contributed by atoms with Gasteiger partial charge in [-0.05, 0) is 31.5 Å². The van der Waals surface area contributed by atoms with Gasteiger partial charge in [0.25, 0.3) is 6.43 Å². The van der Waals surface area contributed by atoms with Crippen LogP contribution in [-0.2, 0) is 4.74 Å². The maximum absolute atomic E-state index is 12.7. The van der Waals surface area contributed by atoms with E-state index < -0.39 is 6.43 Å². The monoisotopic (exact) mass is 255 g/mol. The first-order valence-corrected chi connectivity index (χ1v) is 6.36. The zero-order valence-corrected chi connectivity index (χ0v) is 10.5. The molecule has 1 aromatic carbocycles. The standard InChI is InChI=1S/C14H19F2NO/c1-17-9-12-6-3-7-18-13(12)10-4-2-5-11(8-10)14(15)16/h2,4-5,8,12-14,17H,3,6-7,9H2,1H3. The van der Waals surface area contributed by atoms with Gasteiger partial charge in [-0.25, -0.2) is 8.78 Å². The van der Waals surface area contributed by atoms with Crippen molar-refractivity contribution in [2.24, 2.45) is 5.92 Å². The number of hydrogen-bond acceptors (Lipinski definition) is 2. The van der Waals surface area contributed by atoms with E-state index in [4.69, 9.17) is 4.74 Å². The lowest BCUT2D eigenvalue weighted by Gasteiger charge is -2.32. The second kappa shape index (κ2) is 6.25. The van der Waals surface area contributed by atoms with Crippen LogP contribution in [0.3, 0.4) is 0 Å². The minimum Gasteiger partial charge on any atom is -0.373 e. The Labute approximate surface area is 106 Å². The highest BCUT2D eigenvalue weighted by Gasteiger charge is 2.27. The first kappa shape index (κ1) is 13.4. The van der Waals surface area contributed by atoms with Gasteiger partial charge in [-0.15, -0.1) is 0 Å². The Morgan fingerprint density at radius 2 is 2.28 bits per heavy atom. The first-order chi connectivity index (χ1) is 8.72. The van der Waals surface area contributed by atoms with Crippen LogP contribution in [0.2, 0.25) is 0 Å². The topological polar surface area (TPSA) is 21.3 Å². The summed E-state index contributed by atoms with van der Waals surface area (Å²) in [7, 11) is 1.90. The Bertz CT molecular complexity index is 382. The number of alkyl halides is 2. The molecule has 0 spiro atoms. The molecule has 100 valence electrons. The number of ether oxygens (including phenoxy) is 1. The van der Waals surface area contributed by atoms with E-state index in [-0.39, 0.29) is 11.7 Å². The lowest BCUT2D eigenvalue weighted by molar-refractivity contribution is -0.0273. The molecule has 2 rings (SSSR count). The minimum absolute atomic E-state index is 0.0649. The van der Waals surface area contributed by atoms with Crippen LogP contribution in [0.25, 0.3) is 0 Å². The predicted octanol–water partition coefficient (Wildman–Crippen LogP) is 3.31. The van der Waals surface area contributed by atoms with Crippen molar-refractivity contribution in [3.8, 4) is 0 Å². The Kier molecular flexibility index (Phi) is 4.66. The quantitative estimate of drug-likeness (QED) is 0.891. The van der Waals surface area contributed by atoms with Crippen molar-refractivity contribution in [3.05, 3.63) is 35.4 Å². The Morgan fingerprint density at radius 3 is 3.00 bits per heavy atom. The number of rotatable bonds is 4. The fourth-order valence-corrected chi connectivity index (χ4v) is 2.55. The van der Waals surface area contributed by atoms with Crippen LogP contribution in [0.15, 0.2) is 24.3 Å². The van der Waals surface area contributed by atoms with Crippen molar-refractivity contribution in [2.75, 3.05) is 20.2 Å². The van der Waals surface area contributed by atoms with Crippen molar-refractivity contribution in [1.82, 2.24) is 5.32 Å². The Balaban J connectivity index is 2.19. The highest BCUT2D eigenvalue weighted by Crippen LogP contribution is 2.34. The van der Waals surface area contributed by atoms with Crippen LogP contribution in [-0.4, -0.2) is 20.2 Å². The molecule has 0 aliphatic carbocycles. The van der Waals surface area contributed by atoms with Gasteiger partial charge >= 0.3 is 0 Å². The molecule has 4 heteroatoms. The van der Waals surface area contributed by atoms with Crippen molar-refractivity contribution in [2.45, 2.75) is 25.4 Å². The van der Waals surface area contributed by atoms with Crippen molar-refractivity contribution >= 4 is 0 Å². The summed E-state index contributed by atoms with van der Waals surface area (Å²) in [6, 6.07) is 6.60. The Morgan fingerprint density at radius 1 is 1.44 bits per heavy atom. The van der Waals surface area contributed by atoms with Gasteiger partial charge in [0.05, 0.1) is 6.10 Å². The third kappa shape index (κ3) is 3.06. The molecule has 0 saturated carbocycles. The van der Waals surface area contributed by atoms with Gasteiger partial charge in [-0.2, -0.15) is 0 Å². The molecule has 1 aliphatic rings. The minimum atomic E-state index is -2.42. The van der Waals surface area contributed by atoms with Gasteiger partial charge < -0.3 is 10.1 Å². The summed E-state index contributed by atoms with van der Waals surface area (Å²) in [5, 5.41) is 3.15. The molecule has 0 bridgehead atoms. The van der Waals surface area contributed by atoms with E-state index in [9.17, 15) is 8.78 Å². The third-order valence-electron chi connectivity index (χ3n) is 3.40. The molecular weight excluding hydrogens is 236 g/mol. The summed E-state index contributed by atoms with van der Waals surface area (Å²) in [4.78, 5) is 0. The average Bonchev–Trinajstić information content (AvgIpc) is 2.40. The number of nitrogens with one attached hydrogen (secondary N) is 1. The van der Waals surface area contributed by atoms with E-state index in [2.05, 4.69) is 5.32 Å². The molecule has 18 heavy (non-hydrogen) atoms. The Hall–Kier alpha value is -1.00. The van der Waals surface area contributed by atoms with Gasteiger partial charge in [-0.1, -0.05) is 18.2 Å². The zero-order valence-electron chi connectivity index (χ0n) is 10.5. The highest BCUT2D eigenvalue weighted by atomic mass is 19.3. The predicted molar refractivity (Wildman–Crippen MR) is 66.7 cm³/mol. The molecule has 2 atom stereocenters. The largest absolute Gasteiger partial charge is 0.373 e. The van der Waals surface area contributed by atoms with Gasteiger partial charge in [0.1, 0.15) is 0 Å². The van der Waals surface area contributed by atoms with Gasteiger partial charge in [-0.3, -0.25) is 0 Å². The maximum Gasteiger partial charge on any atom is 0.263 e. The van der Waals surface area contributed by atoms with E-state index >= 15 is 0 Å². The molecule has 1 heterocycles. The zero-order chi connectivity index (χ0) is 13.0. The number of benzene rings is 1. The smallest absolute Gasteiger partial charge is 0.263 e. The molecule has 0 aromatic heterocycles. The average molecular weight is 255 g/mol. The summed E-state index contributed by atoms with van der Waals surface area (Å²) in [5.41, 5.74) is 0.942. The lowest BCUT2D eigenvalue weighted by atomic mass is 9.89. The normalized spacial score (nSPS) is 24.4. The lowest BCUT2D eigenvalue weighted by Crippen LogP contribution is -2.30. The van der Waals surface area contributed by atoms with E-state index in [0.29, 0.717) is 12.5 Å². The fourth-order valence-electron chi connectivity index (χ4n) is 2.55.